The Morgan fingerprint density at radius 3 is 2.88 bits per heavy atom. The molecule has 4 rings (SSSR count). The SMILES string of the molecule is COc1cc(Br)cc2c1OC1(C)CC2NC(=O)N1c1cc(Cl)ccc1C. The van der Waals surface area contributed by atoms with Gasteiger partial charge in [0.1, 0.15) is 0 Å². The summed E-state index contributed by atoms with van der Waals surface area (Å²) < 4.78 is 12.8. The Kier molecular flexibility index (Phi) is 4.08. The summed E-state index contributed by atoms with van der Waals surface area (Å²) in [5.41, 5.74) is 1.73. The molecule has 0 saturated carbocycles. The van der Waals surface area contributed by atoms with Crippen LogP contribution >= 0.6 is 27.5 Å². The molecule has 2 atom stereocenters. The average molecular weight is 438 g/mol. The highest BCUT2D eigenvalue weighted by molar-refractivity contribution is 9.10. The first-order valence-electron chi connectivity index (χ1n) is 8.26. The number of ether oxygens (including phenoxy) is 2. The first-order valence-corrected chi connectivity index (χ1v) is 9.43. The van der Waals surface area contributed by atoms with Gasteiger partial charge in [-0.25, -0.2) is 4.79 Å². The van der Waals surface area contributed by atoms with E-state index in [9.17, 15) is 4.79 Å². The van der Waals surface area contributed by atoms with Gasteiger partial charge in [0, 0.05) is 21.5 Å². The van der Waals surface area contributed by atoms with Crippen LogP contribution in [0.5, 0.6) is 11.5 Å². The van der Waals surface area contributed by atoms with Crippen molar-refractivity contribution in [3.05, 3.63) is 51.0 Å². The zero-order valence-electron chi connectivity index (χ0n) is 14.6. The molecule has 1 saturated heterocycles. The molecule has 0 aliphatic carbocycles. The molecule has 0 aromatic heterocycles. The van der Waals surface area contributed by atoms with E-state index in [1.165, 1.54) is 0 Å². The average Bonchev–Trinajstić information content (AvgIpc) is 2.57. The molecule has 7 heteroatoms. The third kappa shape index (κ3) is 2.63. The van der Waals surface area contributed by atoms with E-state index in [0.29, 0.717) is 22.9 Å². The topological polar surface area (TPSA) is 50.8 Å². The van der Waals surface area contributed by atoms with Crippen LogP contribution in [-0.4, -0.2) is 18.9 Å². The number of carbonyl (C=O) groups is 1. The number of rotatable bonds is 2. The molecule has 136 valence electrons. The maximum Gasteiger partial charge on any atom is 0.325 e. The van der Waals surface area contributed by atoms with Gasteiger partial charge in [-0.2, -0.15) is 0 Å². The van der Waals surface area contributed by atoms with E-state index in [1.54, 1.807) is 18.1 Å². The minimum Gasteiger partial charge on any atom is -0.493 e. The van der Waals surface area contributed by atoms with E-state index in [1.807, 2.05) is 38.1 Å². The molecule has 2 amide bonds. The fourth-order valence-electron chi connectivity index (χ4n) is 3.74. The Bertz CT molecular complexity index is 920. The molecule has 1 fully saturated rings. The first kappa shape index (κ1) is 17.5. The van der Waals surface area contributed by atoms with Crippen molar-refractivity contribution < 1.29 is 14.3 Å². The Balaban J connectivity index is 1.86. The molecule has 2 unspecified atom stereocenters. The second-order valence-electron chi connectivity index (χ2n) is 6.78. The highest BCUT2D eigenvalue weighted by atomic mass is 79.9. The second kappa shape index (κ2) is 6.06. The van der Waals surface area contributed by atoms with Crippen LogP contribution in [0.1, 0.15) is 30.5 Å². The summed E-state index contributed by atoms with van der Waals surface area (Å²) in [4.78, 5) is 14.6. The lowest BCUT2D eigenvalue weighted by atomic mass is 9.89. The number of aryl methyl sites for hydroxylation is 1. The standard InChI is InChI=1S/C19H18BrClN2O3/c1-10-4-5-12(21)8-15(10)23-18(24)22-14-9-19(23,2)26-17-13(14)6-11(20)7-16(17)25-3/h4-8,14H,9H2,1-3H3,(H,22,24). The summed E-state index contributed by atoms with van der Waals surface area (Å²) >= 11 is 9.68. The summed E-state index contributed by atoms with van der Waals surface area (Å²) in [5.74, 6) is 1.28. The lowest BCUT2D eigenvalue weighted by Crippen LogP contribution is -2.65. The van der Waals surface area contributed by atoms with Crippen molar-refractivity contribution in [3.8, 4) is 11.5 Å². The van der Waals surface area contributed by atoms with Crippen molar-refractivity contribution in [2.45, 2.75) is 32.0 Å². The number of amides is 2. The smallest absolute Gasteiger partial charge is 0.325 e. The summed E-state index contributed by atoms with van der Waals surface area (Å²) in [5, 5.41) is 3.66. The van der Waals surface area contributed by atoms with Crippen molar-refractivity contribution >= 4 is 39.2 Å². The van der Waals surface area contributed by atoms with E-state index in [0.717, 1.165) is 21.3 Å². The van der Waals surface area contributed by atoms with Crippen LogP contribution in [-0.2, 0) is 0 Å². The minimum atomic E-state index is -0.851. The monoisotopic (exact) mass is 436 g/mol. The number of urea groups is 1. The van der Waals surface area contributed by atoms with Crippen molar-refractivity contribution in [3.63, 3.8) is 0 Å². The van der Waals surface area contributed by atoms with Gasteiger partial charge in [0.15, 0.2) is 17.2 Å². The quantitative estimate of drug-likeness (QED) is 0.703. The van der Waals surface area contributed by atoms with Crippen LogP contribution in [0.15, 0.2) is 34.8 Å². The second-order valence-corrected chi connectivity index (χ2v) is 8.13. The maximum absolute atomic E-state index is 13.0. The fraction of sp³-hybridized carbons (Fsp3) is 0.316. The Labute approximate surface area is 165 Å². The van der Waals surface area contributed by atoms with Crippen LogP contribution < -0.4 is 19.7 Å². The molecule has 0 radical (unpaired) electrons. The lowest BCUT2D eigenvalue weighted by Gasteiger charge is -2.51. The highest BCUT2D eigenvalue weighted by Gasteiger charge is 2.51. The van der Waals surface area contributed by atoms with Gasteiger partial charge in [-0.1, -0.05) is 33.6 Å². The summed E-state index contributed by atoms with van der Waals surface area (Å²) in [6, 6.07) is 8.96. The predicted molar refractivity (Wildman–Crippen MR) is 104 cm³/mol. The molecule has 5 nitrogen and oxygen atoms in total. The van der Waals surface area contributed by atoms with Crippen LogP contribution in [0.25, 0.3) is 0 Å². The zero-order valence-corrected chi connectivity index (χ0v) is 16.9. The third-order valence-electron chi connectivity index (χ3n) is 4.93. The largest absolute Gasteiger partial charge is 0.493 e. The maximum atomic E-state index is 13.0. The first-order chi connectivity index (χ1) is 12.3. The molecule has 1 N–H and O–H groups in total. The molecule has 2 aliphatic rings. The van der Waals surface area contributed by atoms with E-state index >= 15 is 0 Å². The number of carbonyl (C=O) groups excluding carboxylic acids is 1. The molecular formula is C19H18BrClN2O3. The van der Waals surface area contributed by atoms with Gasteiger partial charge < -0.3 is 14.8 Å². The van der Waals surface area contributed by atoms with Gasteiger partial charge in [-0.3, -0.25) is 4.90 Å². The number of anilines is 1. The lowest BCUT2D eigenvalue weighted by molar-refractivity contribution is 0.0348. The molecule has 2 aromatic carbocycles. The Hall–Kier alpha value is -1.92. The molecule has 2 aromatic rings. The number of nitrogens with one attached hydrogen (secondary N) is 1. The number of hydrogen-bond acceptors (Lipinski definition) is 3. The minimum absolute atomic E-state index is 0.154. The number of fused-ring (bicyclic) bond motifs is 4. The highest BCUT2D eigenvalue weighted by Crippen LogP contribution is 2.50. The van der Waals surface area contributed by atoms with Crippen LogP contribution in [0.4, 0.5) is 10.5 Å². The molecule has 2 aliphatic heterocycles. The third-order valence-corrected chi connectivity index (χ3v) is 5.63. The molecular weight excluding hydrogens is 420 g/mol. The van der Waals surface area contributed by atoms with Gasteiger partial charge in [0.05, 0.1) is 18.8 Å². The fourth-order valence-corrected chi connectivity index (χ4v) is 4.36. The number of hydrogen-bond donors (Lipinski definition) is 1. The van der Waals surface area contributed by atoms with E-state index in [4.69, 9.17) is 21.1 Å². The van der Waals surface area contributed by atoms with Crippen LogP contribution in [0.3, 0.4) is 0 Å². The molecule has 0 spiro atoms. The van der Waals surface area contributed by atoms with Gasteiger partial charge in [-0.15, -0.1) is 0 Å². The van der Waals surface area contributed by atoms with Gasteiger partial charge in [0.25, 0.3) is 0 Å². The van der Waals surface area contributed by atoms with E-state index in [-0.39, 0.29) is 12.1 Å². The number of nitrogens with zero attached hydrogens (tertiary/aromatic N) is 1. The number of halogens is 2. The summed E-state index contributed by atoms with van der Waals surface area (Å²) in [6.07, 6.45) is 0.608. The van der Waals surface area contributed by atoms with Crippen molar-refractivity contribution in [2.24, 2.45) is 0 Å². The summed E-state index contributed by atoms with van der Waals surface area (Å²) in [6.45, 7) is 3.87. The van der Waals surface area contributed by atoms with Crippen LogP contribution in [0, 0.1) is 6.92 Å². The van der Waals surface area contributed by atoms with Gasteiger partial charge >= 0.3 is 6.03 Å². The zero-order chi connectivity index (χ0) is 18.6. The number of methoxy groups -OCH3 is 1. The number of benzene rings is 2. The van der Waals surface area contributed by atoms with Gasteiger partial charge in [0.2, 0.25) is 0 Å². The Morgan fingerprint density at radius 1 is 1.38 bits per heavy atom. The van der Waals surface area contributed by atoms with Crippen molar-refractivity contribution in [1.82, 2.24) is 5.32 Å². The molecule has 2 heterocycles. The van der Waals surface area contributed by atoms with E-state index < -0.39 is 5.72 Å². The van der Waals surface area contributed by atoms with Crippen LogP contribution in [0.2, 0.25) is 5.02 Å². The molecule has 2 bridgehead atoms. The van der Waals surface area contributed by atoms with Gasteiger partial charge in [-0.05, 0) is 43.7 Å². The predicted octanol–water partition coefficient (Wildman–Crippen LogP) is 5.19. The molecule has 26 heavy (non-hydrogen) atoms. The van der Waals surface area contributed by atoms with E-state index in [2.05, 4.69) is 21.2 Å². The van der Waals surface area contributed by atoms with Crippen molar-refractivity contribution in [2.75, 3.05) is 12.0 Å². The van der Waals surface area contributed by atoms with Crippen molar-refractivity contribution in [1.29, 1.82) is 0 Å². The summed E-state index contributed by atoms with van der Waals surface area (Å²) in [7, 11) is 1.61. The Morgan fingerprint density at radius 2 is 2.15 bits per heavy atom. The normalized spacial score (nSPS) is 23.8.